The highest BCUT2D eigenvalue weighted by atomic mass is 32.2. The van der Waals surface area contributed by atoms with Crippen LogP contribution in [0.4, 0.5) is 0 Å². The van der Waals surface area contributed by atoms with Crippen LogP contribution in [0.2, 0.25) is 0 Å². The van der Waals surface area contributed by atoms with Gasteiger partial charge in [-0.25, -0.2) is 0 Å². The number of thioether (sulfide) groups is 1. The quantitative estimate of drug-likeness (QED) is 0.564. The third kappa shape index (κ3) is 5.25. The molecule has 96 valence electrons. The van der Waals surface area contributed by atoms with Crippen molar-refractivity contribution in [3.8, 4) is 0 Å². The number of hydrogen-bond donors (Lipinski definition) is 1. The first kappa shape index (κ1) is 14.6. The summed E-state index contributed by atoms with van der Waals surface area (Å²) in [4.78, 5) is 0. The largest absolute Gasteiger partial charge is 0.324 e. The number of hydrogen-bond acceptors (Lipinski definition) is 3. The van der Waals surface area contributed by atoms with Gasteiger partial charge in [-0.15, -0.1) is 0 Å². The molecule has 0 aromatic carbocycles. The molecule has 0 aromatic rings. The highest BCUT2D eigenvalue weighted by Gasteiger charge is 2.28. The van der Waals surface area contributed by atoms with E-state index in [1.807, 2.05) is 18.4 Å². The Labute approximate surface area is 105 Å². The van der Waals surface area contributed by atoms with E-state index in [1.54, 1.807) is 0 Å². The Balaban J connectivity index is 2.19. The first-order valence-electron chi connectivity index (χ1n) is 6.42. The van der Waals surface area contributed by atoms with E-state index in [9.17, 15) is 4.57 Å². The zero-order chi connectivity index (χ0) is 11.9. The van der Waals surface area contributed by atoms with Gasteiger partial charge in [0.05, 0.1) is 7.14 Å². The molecule has 1 aliphatic rings. The fourth-order valence-corrected chi connectivity index (χ4v) is 5.18. The van der Waals surface area contributed by atoms with Gasteiger partial charge in [-0.2, -0.15) is 11.8 Å². The van der Waals surface area contributed by atoms with Crippen LogP contribution in [0.1, 0.15) is 32.1 Å². The SMILES string of the molecule is CSCCNCCP(C)(=O)C1CCCCC1. The van der Waals surface area contributed by atoms with Crippen LogP contribution in [0.15, 0.2) is 0 Å². The standard InChI is InChI=1S/C12H26NOPS/c1-15(14,10-8-13-9-11-16-2)12-6-4-3-5-7-12/h12-13H,3-11H2,1-2H3. The zero-order valence-electron chi connectivity index (χ0n) is 10.7. The molecular weight excluding hydrogens is 237 g/mol. The summed E-state index contributed by atoms with van der Waals surface area (Å²) in [5.41, 5.74) is 0.531. The van der Waals surface area contributed by atoms with E-state index in [2.05, 4.69) is 11.6 Å². The highest BCUT2D eigenvalue weighted by molar-refractivity contribution is 7.98. The van der Waals surface area contributed by atoms with Gasteiger partial charge in [-0.05, 0) is 25.8 Å². The second-order valence-electron chi connectivity index (χ2n) is 4.93. The number of rotatable bonds is 7. The Morgan fingerprint density at radius 3 is 2.56 bits per heavy atom. The van der Waals surface area contributed by atoms with Crippen LogP contribution in [0, 0.1) is 0 Å². The molecule has 0 amide bonds. The van der Waals surface area contributed by atoms with E-state index in [-0.39, 0.29) is 0 Å². The van der Waals surface area contributed by atoms with Crippen LogP contribution in [0.25, 0.3) is 0 Å². The first-order valence-corrected chi connectivity index (χ1v) is 10.2. The van der Waals surface area contributed by atoms with Gasteiger partial charge in [0.15, 0.2) is 0 Å². The molecule has 1 saturated carbocycles. The Morgan fingerprint density at radius 1 is 1.25 bits per heavy atom. The fraction of sp³-hybridized carbons (Fsp3) is 1.00. The maximum atomic E-state index is 12.6. The molecular formula is C12H26NOPS. The second-order valence-corrected chi connectivity index (χ2v) is 9.44. The predicted molar refractivity (Wildman–Crippen MR) is 76.5 cm³/mol. The Morgan fingerprint density at radius 2 is 1.94 bits per heavy atom. The van der Waals surface area contributed by atoms with Crippen molar-refractivity contribution in [2.45, 2.75) is 37.8 Å². The summed E-state index contributed by atoms with van der Waals surface area (Å²) in [6.07, 6.45) is 9.37. The summed E-state index contributed by atoms with van der Waals surface area (Å²) in [5, 5.41) is 3.39. The van der Waals surface area contributed by atoms with Crippen LogP contribution in [-0.4, -0.2) is 43.6 Å². The van der Waals surface area contributed by atoms with Gasteiger partial charge in [0.2, 0.25) is 0 Å². The Kier molecular flexibility index (Phi) is 7.11. The molecule has 1 aliphatic carbocycles. The molecule has 1 rings (SSSR count). The monoisotopic (exact) mass is 263 g/mol. The third-order valence-corrected chi connectivity index (χ3v) is 7.35. The van der Waals surface area contributed by atoms with Crippen molar-refractivity contribution in [3.05, 3.63) is 0 Å². The predicted octanol–water partition coefficient (Wildman–Crippen LogP) is 3.26. The summed E-state index contributed by atoms with van der Waals surface area (Å²) in [6.45, 7) is 4.01. The van der Waals surface area contributed by atoms with Crippen molar-refractivity contribution < 1.29 is 4.57 Å². The smallest absolute Gasteiger partial charge is 0.0889 e. The molecule has 2 nitrogen and oxygen atoms in total. The lowest BCUT2D eigenvalue weighted by atomic mass is 10.0. The zero-order valence-corrected chi connectivity index (χ0v) is 12.4. The van der Waals surface area contributed by atoms with Gasteiger partial charge < -0.3 is 9.88 Å². The van der Waals surface area contributed by atoms with Gasteiger partial charge in [0, 0.05) is 30.7 Å². The molecule has 0 saturated heterocycles. The fourth-order valence-electron chi connectivity index (χ4n) is 2.41. The maximum Gasteiger partial charge on any atom is 0.0889 e. The molecule has 1 fully saturated rings. The highest BCUT2D eigenvalue weighted by Crippen LogP contribution is 2.51. The number of nitrogens with one attached hydrogen (secondary N) is 1. The van der Waals surface area contributed by atoms with Crippen LogP contribution in [0.3, 0.4) is 0 Å². The molecule has 4 heteroatoms. The normalized spacial score (nSPS) is 21.9. The van der Waals surface area contributed by atoms with Gasteiger partial charge in [-0.3, -0.25) is 0 Å². The van der Waals surface area contributed by atoms with Gasteiger partial charge in [-0.1, -0.05) is 19.3 Å². The molecule has 0 spiro atoms. The summed E-state index contributed by atoms with van der Waals surface area (Å²) in [7, 11) is -1.89. The van der Waals surface area contributed by atoms with E-state index >= 15 is 0 Å². The van der Waals surface area contributed by atoms with Crippen molar-refractivity contribution >= 4 is 18.9 Å². The lowest BCUT2D eigenvalue weighted by Crippen LogP contribution is -2.24. The minimum atomic E-state index is -1.89. The van der Waals surface area contributed by atoms with Crippen molar-refractivity contribution in [1.29, 1.82) is 0 Å². The van der Waals surface area contributed by atoms with Gasteiger partial charge in [0.1, 0.15) is 0 Å². The van der Waals surface area contributed by atoms with Crippen molar-refractivity contribution in [1.82, 2.24) is 5.32 Å². The van der Waals surface area contributed by atoms with Crippen LogP contribution in [-0.2, 0) is 4.57 Å². The molecule has 16 heavy (non-hydrogen) atoms. The molecule has 0 aromatic heterocycles. The van der Waals surface area contributed by atoms with Crippen molar-refractivity contribution in [2.24, 2.45) is 0 Å². The van der Waals surface area contributed by atoms with Crippen LogP contribution >= 0.6 is 18.9 Å². The van der Waals surface area contributed by atoms with E-state index in [4.69, 9.17) is 0 Å². The van der Waals surface area contributed by atoms with E-state index in [0.717, 1.165) is 25.0 Å². The first-order chi connectivity index (χ1) is 7.67. The second kappa shape index (κ2) is 7.79. The average molecular weight is 263 g/mol. The summed E-state index contributed by atoms with van der Waals surface area (Å²) >= 11 is 1.86. The summed E-state index contributed by atoms with van der Waals surface area (Å²) in [6, 6.07) is 0. The Hall–Kier alpha value is 0.540. The molecule has 1 unspecified atom stereocenters. The molecule has 0 aliphatic heterocycles. The topological polar surface area (TPSA) is 29.1 Å². The Bertz CT molecular complexity index is 229. The molecule has 1 N–H and O–H groups in total. The van der Waals surface area contributed by atoms with Gasteiger partial charge in [0.25, 0.3) is 0 Å². The summed E-state index contributed by atoms with van der Waals surface area (Å²) < 4.78 is 12.6. The molecule has 0 heterocycles. The van der Waals surface area contributed by atoms with Crippen molar-refractivity contribution in [3.63, 3.8) is 0 Å². The minimum Gasteiger partial charge on any atom is -0.324 e. The maximum absolute atomic E-state index is 12.6. The van der Waals surface area contributed by atoms with Crippen LogP contribution in [0.5, 0.6) is 0 Å². The summed E-state index contributed by atoms with van der Waals surface area (Å²) in [5.74, 6) is 1.15. The van der Waals surface area contributed by atoms with Crippen LogP contribution < -0.4 is 5.32 Å². The minimum absolute atomic E-state index is 0.531. The van der Waals surface area contributed by atoms with E-state index in [1.165, 1.54) is 32.1 Å². The lowest BCUT2D eigenvalue weighted by Gasteiger charge is -2.28. The lowest BCUT2D eigenvalue weighted by molar-refractivity contribution is 0.483. The van der Waals surface area contributed by atoms with E-state index in [0.29, 0.717) is 5.66 Å². The molecule has 0 bridgehead atoms. The molecule has 1 atom stereocenters. The van der Waals surface area contributed by atoms with E-state index < -0.39 is 7.14 Å². The van der Waals surface area contributed by atoms with Crippen molar-refractivity contribution in [2.75, 3.05) is 37.9 Å². The third-order valence-electron chi connectivity index (χ3n) is 3.56. The average Bonchev–Trinajstić information content (AvgIpc) is 2.30. The van der Waals surface area contributed by atoms with Gasteiger partial charge >= 0.3 is 0 Å². The molecule has 0 radical (unpaired) electrons.